The summed E-state index contributed by atoms with van der Waals surface area (Å²) in [6, 6.07) is -0.109. The molecule has 23 heavy (non-hydrogen) atoms. The lowest BCUT2D eigenvalue weighted by molar-refractivity contribution is -0.0871. The van der Waals surface area contributed by atoms with E-state index in [0.717, 1.165) is 42.8 Å². The molecule has 1 aromatic heterocycles. The first-order valence-electron chi connectivity index (χ1n) is 8.74. The molecule has 128 valence electrons. The van der Waals surface area contributed by atoms with Gasteiger partial charge in [0, 0.05) is 24.4 Å². The van der Waals surface area contributed by atoms with Crippen molar-refractivity contribution in [3.05, 3.63) is 16.1 Å². The number of nitrogens with zero attached hydrogens (tertiary/aromatic N) is 2. The zero-order chi connectivity index (χ0) is 16.4. The number of aryl methyl sites for hydroxylation is 1. The fourth-order valence-electron chi connectivity index (χ4n) is 3.79. The summed E-state index contributed by atoms with van der Waals surface area (Å²) in [5, 5.41) is 16.9. The molecule has 2 fully saturated rings. The summed E-state index contributed by atoms with van der Waals surface area (Å²) in [7, 11) is 0. The molecule has 1 aromatic rings. The topological polar surface area (TPSA) is 65.5 Å². The number of amides is 2. The van der Waals surface area contributed by atoms with Gasteiger partial charge in [-0.05, 0) is 32.6 Å². The maximum atomic E-state index is 12.5. The number of aliphatic hydroxyl groups is 1. The zero-order valence-corrected chi connectivity index (χ0v) is 14.9. The Hall–Kier alpha value is -1.14. The Kier molecular flexibility index (Phi) is 4.92. The smallest absolute Gasteiger partial charge is 0.317 e. The van der Waals surface area contributed by atoms with Gasteiger partial charge in [0.25, 0.3) is 0 Å². The molecule has 6 heteroatoms. The van der Waals surface area contributed by atoms with Crippen LogP contribution in [-0.2, 0) is 6.42 Å². The monoisotopic (exact) mass is 337 g/mol. The molecule has 1 saturated carbocycles. The van der Waals surface area contributed by atoms with Crippen LogP contribution in [0.2, 0.25) is 0 Å². The summed E-state index contributed by atoms with van der Waals surface area (Å²) in [6.45, 7) is 5.38. The second-order valence-corrected chi connectivity index (χ2v) is 7.88. The number of urea groups is 1. The molecule has 0 bridgehead atoms. The number of aromatic nitrogens is 1. The van der Waals surface area contributed by atoms with Gasteiger partial charge >= 0.3 is 6.03 Å². The van der Waals surface area contributed by atoms with Crippen LogP contribution in [0.4, 0.5) is 4.79 Å². The quantitative estimate of drug-likeness (QED) is 0.891. The van der Waals surface area contributed by atoms with E-state index in [1.165, 1.54) is 0 Å². The first kappa shape index (κ1) is 16.7. The number of piperidine rings is 1. The fraction of sp³-hybridized carbons (Fsp3) is 0.765. The van der Waals surface area contributed by atoms with Crippen molar-refractivity contribution >= 4 is 17.4 Å². The minimum Gasteiger partial charge on any atom is -0.389 e. The van der Waals surface area contributed by atoms with Crippen LogP contribution >= 0.6 is 11.3 Å². The second kappa shape index (κ2) is 6.77. The third-order valence-corrected chi connectivity index (χ3v) is 6.38. The van der Waals surface area contributed by atoms with Gasteiger partial charge in [0.1, 0.15) is 0 Å². The Morgan fingerprint density at radius 2 is 2.39 bits per heavy atom. The van der Waals surface area contributed by atoms with Crippen LogP contribution in [0, 0.1) is 5.92 Å². The summed E-state index contributed by atoms with van der Waals surface area (Å²) < 4.78 is 0. The van der Waals surface area contributed by atoms with Crippen LogP contribution in [0.3, 0.4) is 0 Å². The second-order valence-electron chi connectivity index (χ2n) is 6.93. The minimum absolute atomic E-state index is 0.0313. The van der Waals surface area contributed by atoms with E-state index >= 15 is 0 Å². The van der Waals surface area contributed by atoms with E-state index in [-0.39, 0.29) is 18.0 Å². The van der Waals surface area contributed by atoms with E-state index in [4.69, 9.17) is 0 Å². The van der Waals surface area contributed by atoms with Crippen molar-refractivity contribution in [2.45, 2.75) is 64.0 Å². The van der Waals surface area contributed by atoms with Gasteiger partial charge in [-0.3, -0.25) is 0 Å². The minimum atomic E-state index is -0.536. The number of carbonyl (C=O) groups excluding carboxylic acids is 1. The van der Waals surface area contributed by atoms with Gasteiger partial charge in [0.05, 0.1) is 22.3 Å². The van der Waals surface area contributed by atoms with Crippen LogP contribution in [0.15, 0.2) is 5.38 Å². The van der Waals surface area contributed by atoms with Crippen LogP contribution in [0.5, 0.6) is 0 Å². The Labute approximate surface area is 142 Å². The first-order valence-corrected chi connectivity index (χ1v) is 9.62. The van der Waals surface area contributed by atoms with Crippen LogP contribution < -0.4 is 5.32 Å². The molecule has 2 heterocycles. The van der Waals surface area contributed by atoms with Crippen molar-refractivity contribution in [3.63, 3.8) is 0 Å². The van der Waals surface area contributed by atoms with E-state index < -0.39 is 5.60 Å². The highest BCUT2D eigenvalue weighted by atomic mass is 32.1. The van der Waals surface area contributed by atoms with Gasteiger partial charge in [0.2, 0.25) is 0 Å². The van der Waals surface area contributed by atoms with Gasteiger partial charge in [-0.25, -0.2) is 9.78 Å². The Morgan fingerprint density at radius 1 is 1.57 bits per heavy atom. The third kappa shape index (κ3) is 3.53. The molecule has 2 N–H and O–H groups in total. The maximum absolute atomic E-state index is 12.5. The number of likely N-dealkylation sites (tertiary alicyclic amines) is 1. The molecule has 2 amide bonds. The molecule has 1 aliphatic carbocycles. The van der Waals surface area contributed by atoms with Crippen molar-refractivity contribution in [1.29, 1.82) is 0 Å². The summed E-state index contributed by atoms with van der Waals surface area (Å²) in [4.78, 5) is 19.0. The summed E-state index contributed by atoms with van der Waals surface area (Å²) in [5.41, 5.74) is 0.400. The summed E-state index contributed by atoms with van der Waals surface area (Å²) in [5.74, 6) is 0.233. The number of fused-ring (bicyclic) bond motifs is 1. The lowest BCUT2D eigenvalue weighted by atomic mass is 9.71. The highest BCUT2D eigenvalue weighted by molar-refractivity contribution is 7.09. The van der Waals surface area contributed by atoms with E-state index in [0.29, 0.717) is 19.5 Å². The van der Waals surface area contributed by atoms with E-state index in [2.05, 4.69) is 17.2 Å². The molecule has 0 aromatic carbocycles. The van der Waals surface area contributed by atoms with E-state index in [9.17, 15) is 9.90 Å². The lowest BCUT2D eigenvalue weighted by Gasteiger charge is -2.47. The number of carbonyl (C=O) groups is 1. The maximum Gasteiger partial charge on any atom is 0.317 e. The fourth-order valence-corrected chi connectivity index (χ4v) is 4.63. The van der Waals surface area contributed by atoms with Crippen molar-refractivity contribution < 1.29 is 9.90 Å². The largest absolute Gasteiger partial charge is 0.389 e. The Morgan fingerprint density at radius 3 is 3.13 bits per heavy atom. The number of nitrogens with one attached hydrogen (secondary N) is 1. The molecule has 3 atom stereocenters. The standard InChI is InChI=1S/C17H27N3O2S/c1-3-15-19-14(11-23-15)12(2)18-16(21)20-9-8-17(22)7-5-4-6-13(17)10-20/h11-13,22H,3-10H2,1-2H3,(H,18,21)/t12-,13-,17+/m0/s1. The van der Waals surface area contributed by atoms with Gasteiger partial charge in [-0.2, -0.15) is 0 Å². The molecular formula is C17H27N3O2S. The predicted molar refractivity (Wildman–Crippen MR) is 91.5 cm³/mol. The normalized spacial score (nSPS) is 29.0. The van der Waals surface area contributed by atoms with Crippen LogP contribution in [0.25, 0.3) is 0 Å². The summed E-state index contributed by atoms with van der Waals surface area (Å²) >= 11 is 1.65. The molecule has 0 radical (unpaired) electrons. The van der Waals surface area contributed by atoms with E-state index in [1.54, 1.807) is 11.3 Å². The van der Waals surface area contributed by atoms with Gasteiger partial charge in [-0.15, -0.1) is 11.3 Å². The van der Waals surface area contributed by atoms with E-state index in [1.807, 2.05) is 17.2 Å². The zero-order valence-electron chi connectivity index (χ0n) is 14.0. The third-order valence-electron chi connectivity index (χ3n) is 5.37. The van der Waals surface area contributed by atoms with Gasteiger partial charge in [0.15, 0.2) is 0 Å². The molecule has 5 nitrogen and oxygen atoms in total. The first-order chi connectivity index (χ1) is 11.0. The molecule has 0 unspecified atom stereocenters. The SMILES string of the molecule is CCc1nc([C@H](C)NC(=O)N2CC[C@]3(O)CCCC[C@H]3C2)cs1. The van der Waals surface area contributed by atoms with Crippen molar-refractivity contribution in [2.24, 2.45) is 5.92 Å². The molecular weight excluding hydrogens is 310 g/mol. The van der Waals surface area contributed by atoms with Crippen molar-refractivity contribution in [1.82, 2.24) is 15.2 Å². The highest BCUT2D eigenvalue weighted by Gasteiger charge is 2.43. The Bertz CT molecular complexity index is 562. The average Bonchev–Trinajstić information content (AvgIpc) is 3.03. The van der Waals surface area contributed by atoms with Gasteiger partial charge < -0.3 is 15.3 Å². The van der Waals surface area contributed by atoms with Crippen LogP contribution in [0.1, 0.15) is 62.7 Å². The van der Waals surface area contributed by atoms with Gasteiger partial charge in [-0.1, -0.05) is 19.8 Å². The number of hydrogen-bond donors (Lipinski definition) is 2. The number of hydrogen-bond acceptors (Lipinski definition) is 4. The predicted octanol–water partition coefficient (Wildman–Crippen LogP) is 3.10. The average molecular weight is 337 g/mol. The summed E-state index contributed by atoms with van der Waals surface area (Å²) in [6.07, 6.45) is 5.83. The number of rotatable bonds is 3. The highest BCUT2D eigenvalue weighted by Crippen LogP contribution is 2.39. The lowest BCUT2D eigenvalue weighted by Crippen LogP contribution is -2.56. The molecule has 3 rings (SSSR count). The number of thiazole rings is 1. The molecule has 2 aliphatic rings. The molecule has 1 saturated heterocycles. The van der Waals surface area contributed by atoms with Crippen LogP contribution in [-0.4, -0.2) is 39.7 Å². The molecule has 0 spiro atoms. The van der Waals surface area contributed by atoms with Crippen molar-refractivity contribution in [2.75, 3.05) is 13.1 Å². The Balaban J connectivity index is 1.58. The molecule has 1 aliphatic heterocycles. The van der Waals surface area contributed by atoms with Crippen molar-refractivity contribution in [3.8, 4) is 0 Å².